The van der Waals surface area contributed by atoms with E-state index in [9.17, 15) is 4.79 Å². The van der Waals surface area contributed by atoms with E-state index in [2.05, 4.69) is 31.9 Å². The zero-order valence-corrected chi connectivity index (χ0v) is 14.6. The molecule has 1 fully saturated rings. The summed E-state index contributed by atoms with van der Waals surface area (Å²) in [6, 6.07) is 7.94. The van der Waals surface area contributed by atoms with Crippen LogP contribution in [0, 0.1) is 0 Å². The van der Waals surface area contributed by atoms with Gasteiger partial charge in [0.1, 0.15) is 4.88 Å². The highest BCUT2D eigenvalue weighted by Gasteiger charge is 2.22. The van der Waals surface area contributed by atoms with Crippen molar-refractivity contribution >= 4 is 33.2 Å². The van der Waals surface area contributed by atoms with E-state index in [-0.39, 0.29) is 5.91 Å². The summed E-state index contributed by atoms with van der Waals surface area (Å²) in [6.07, 6.45) is 2.83. The number of carbonyl (C=O) groups is 1. The third-order valence-electron chi connectivity index (χ3n) is 3.80. The van der Waals surface area contributed by atoms with Crippen molar-refractivity contribution in [1.29, 1.82) is 0 Å². The lowest BCUT2D eigenvalue weighted by molar-refractivity contribution is 0.0765. The fraction of sp³-hybridized carbons (Fsp3) is 0.375. The predicted octanol–water partition coefficient (Wildman–Crippen LogP) is 3.25. The minimum absolute atomic E-state index is 0.140. The molecule has 0 radical (unpaired) electrons. The first-order chi connectivity index (χ1) is 10.7. The second kappa shape index (κ2) is 7.35. The van der Waals surface area contributed by atoms with Crippen LogP contribution in [0.1, 0.15) is 21.8 Å². The van der Waals surface area contributed by atoms with E-state index in [0.29, 0.717) is 0 Å². The van der Waals surface area contributed by atoms with Crippen molar-refractivity contribution in [3.05, 3.63) is 50.9 Å². The number of hydrogen-bond acceptors (Lipinski definition) is 4. The molecule has 4 nitrogen and oxygen atoms in total. The smallest absolute Gasteiger partial charge is 0.265 e. The number of rotatable bonds is 3. The molecule has 1 saturated heterocycles. The van der Waals surface area contributed by atoms with Gasteiger partial charge in [0.15, 0.2) is 0 Å². The SMILES string of the molecule is O=C(c1sccc1Br)N1CCCN(Cc2ccccn2)CC1. The summed E-state index contributed by atoms with van der Waals surface area (Å²) in [5.41, 5.74) is 1.09. The first-order valence-electron chi connectivity index (χ1n) is 7.38. The van der Waals surface area contributed by atoms with Crippen molar-refractivity contribution in [3.8, 4) is 0 Å². The van der Waals surface area contributed by atoms with Gasteiger partial charge in [-0.05, 0) is 45.9 Å². The zero-order valence-electron chi connectivity index (χ0n) is 12.2. The second-order valence-corrected chi connectivity index (χ2v) is 7.11. The lowest BCUT2D eigenvalue weighted by Gasteiger charge is -2.21. The molecule has 0 aliphatic carbocycles. The van der Waals surface area contributed by atoms with Gasteiger partial charge in [-0.3, -0.25) is 14.7 Å². The van der Waals surface area contributed by atoms with Gasteiger partial charge in [0.25, 0.3) is 5.91 Å². The van der Waals surface area contributed by atoms with Crippen LogP contribution in [0.4, 0.5) is 0 Å². The highest BCUT2D eigenvalue weighted by atomic mass is 79.9. The highest BCUT2D eigenvalue weighted by molar-refractivity contribution is 9.10. The molecule has 3 heterocycles. The van der Waals surface area contributed by atoms with Gasteiger partial charge in [0, 0.05) is 43.4 Å². The Hall–Kier alpha value is -1.24. The van der Waals surface area contributed by atoms with E-state index in [0.717, 1.165) is 54.2 Å². The Bertz CT molecular complexity index is 631. The van der Waals surface area contributed by atoms with Crippen molar-refractivity contribution in [2.45, 2.75) is 13.0 Å². The normalized spacial score (nSPS) is 16.5. The van der Waals surface area contributed by atoms with Crippen molar-refractivity contribution in [3.63, 3.8) is 0 Å². The van der Waals surface area contributed by atoms with Crippen LogP contribution in [0.25, 0.3) is 0 Å². The van der Waals surface area contributed by atoms with Crippen LogP contribution in [0.2, 0.25) is 0 Å². The Labute approximate surface area is 142 Å². The van der Waals surface area contributed by atoms with Gasteiger partial charge >= 0.3 is 0 Å². The molecule has 3 rings (SSSR count). The average Bonchev–Trinajstić information content (AvgIpc) is 2.82. The number of amides is 1. The van der Waals surface area contributed by atoms with Crippen LogP contribution in [-0.4, -0.2) is 46.9 Å². The molecule has 2 aromatic heterocycles. The monoisotopic (exact) mass is 379 g/mol. The molecular weight excluding hydrogens is 362 g/mol. The van der Waals surface area contributed by atoms with Crippen molar-refractivity contribution in [1.82, 2.24) is 14.8 Å². The maximum atomic E-state index is 12.6. The molecule has 0 aromatic carbocycles. The molecule has 1 aliphatic rings. The predicted molar refractivity (Wildman–Crippen MR) is 92.1 cm³/mol. The maximum absolute atomic E-state index is 12.6. The Kier molecular flexibility index (Phi) is 5.23. The van der Waals surface area contributed by atoms with Gasteiger partial charge in [-0.25, -0.2) is 0 Å². The maximum Gasteiger partial charge on any atom is 0.265 e. The Morgan fingerprint density at radius 2 is 2.14 bits per heavy atom. The fourth-order valence-electron chi connectivity index (χ4n) is 2.64. The molecular formula is C16H18BrN3OS. The third kappa shape index (κ3) is 3.74. The minimum atomic E-state index is 0.140. The molecule has 0 saturated carbocycles. The summed E-state index contributed by atoms with van der Waals surface area (Å²) >= 11 is 4.95. The molecule has 1 amide bonds. The van der Waals surface area contributed by atoms with Crippen molar-refractivity contribution in [2.75, 3.05) is 26.2 Å². The summed E-state index contributed by atoms with van der Waals surface area (Å²) < 4.78 is 0.900. The Balaban J connectivity index is 1.60. The summed E-state index contributed by atoms with van der Waals surface area (Å²) in [5, 5.41) is 1.95. The quantitative estimate of drug-likeness (QED) is 0.820. The minimum Gasteiger partial charge on any atom is -0.337 e. The number of hydrogen-bond donors (Lipinski definition) is 0. The summed E-state index contributed by atoms with van der Waals surface area (Å²) in [6.45, 7) is 4.35. The van der Waals surface area contributed by atoms with E-state index in [1.165, 1.54) is 11.3 Å². The summed E-state index contributed by atoms with van der Waals surface area (Å²) in [5.74, 6) is 0.140. The second-order valence-electron chi connectivity index (χ2n) is 5.34. The van der Waals surface area contributed by atoms with E-state index in [1.807, 2.05) is 34.7 Å². The molecule has 22 heavy (non-hydrogen) atoms. The van der Waals surface area contributed by atoms with Gasteiger partial charge in [-0.1, -0.05) is 6.07 Å². The Morgan fingerprint density at radius 3 is 2.86 bits per heavy atom. The van der Waals surface area contributed by atoms with Crippen LogP contribution in [0.15, 0.2) is 40.3 Å². The number of carbonyl (C=O) groups excluding carboxylic acids is 1. The van der Waals surface area contributed by atoms with Gasteiger partial charge in [0.05, 0.1) is 5.69 Å². The number of pyridine rings is 1. The number of halogens is 1. The van der Waals surface area contributed by atoms with Gasteiger partial charge < -0.3 is 4.90 Å². The largest absolute Gasteiger partial charge is 0.337 e. The van der Waals surface area contributed by atoms with Crippen LogP contribution < -0.4 is 0 Å². The van der Waals surface area contributed by atoms with Gasteiger partial charge in [0.2, 0.25) is 0 Å². The molecule has 2 aromatic rings. The van der Waals surface area contributed by atoms with Crippen LogP contribution in [0.5, 0.6) is 0 Å². The van der Waals surface area contributed by atoms with E-state index in [4.69, 9.17) is 0 Å². The van der Waals surface area contributed by atoms with E-state index < -0.39 is 0 Å². The number of aromatic nitrogens is 1. The van der Waals surface area contributed by atoms with Crippen molar-refractivity contribution in [2.24, 2.45) is 0 Å². The molecule has 6 heteroatoms. The standard InChI is InChI=1S/C16H18BrN3OS/c17-14-5-11-22-15(14)16(21)20-8-3-7-19(9-10-20)12-13-4-1-2-6-18-13/h1-2,4-6,11H,3,7-10,12H2. The highest BCUT2D eigenvalue weighted by Crippen LogP contribution is 2.24. The van der Waals surface area contributed by atoms with Crippen LogP contribution in [0.3, 0.4) is 0 Å². The molecule has 0 unspecified atom stereocenters. The third-order valence-corrected chi connectivity index (χ3v) is 5.62. The lowest BCUT2D eigenvalue weighted by atomic mass is 10.3. The molecule has 0 atom stereocenters. The Morgan fingerprint density at radius 1 is 1.23 bits per heavy atom. The fourth-order valence-corrected chi connectivity index (χ4v) is 4.15. The van der Waals surface area contributed by atoms with E-state index in [1.54, 1.807) is 0 Å². The molecule has 0 bridgehead atoms. The first-order valence-corrected chi connectivity index (χ1v) is 9.06. The van der Waals surface area contributed by atoms with Crippen LogP contribution >= 0.6 is 27.3 Å². The summed E-state index contributed by atoms with van der Waals surface area (Å²) in [4.78, 5) is 22.1. The molecule has 1 aliphatic heterocycles. The molecule has 0 spiro atoms. The number of nitrogens with zero attached hydrogens (tertiary/aromatic N) is 3. The van der Waals surface area contributed by atoms with E-state index >= 15 is 0 Å². The van der Waals surface area contributed by atoms with Crippen molar-refractivity contribution < 1.29 is 4.79 Å². The zero-order chi connectivity index (χ0) is 15.4. The summed E-state index contributed by atoms with van der Waals surface area (Å²) in [7, 11) is 0. The average molecular weight is 380 g/mol. The van der Waals surface area contributed by atoms with Crippen LogP contribution in [-0.2, 0) is 6.54 Å². The topological polar surface area (TPSA) is 36.4 Å². The molecule has 116 valence electrons. The van der Waals surface area contributed by atoms with Gasteiger partial charge in [-0.15, -0.1) is 11.3 Å². The molecule has 0 N–H and O–H groups in total. The lowest BCUT2D eigenvalue weighted by Crippen LogP contribution is -2.34. The van der Waals surface area contributed by atoms with Gasteiger partial charge in [-0.2, -0.15) is 0 Å². The first kappa shape index (κ1) is 15.6. The number of thiophene rings is 1.